The van der Waals surface area contributed by atoms with E-state index in [2.05, 4.69) is 48.8 Å². The van der Waals surface area contributed by atoms with Gasteiger partial charge in [-0.25, -0.2) is 0 Å². The molecular formula is C18H30N2O2. The van der Waals surface area contributed by atoms with Gasteiger partial charge in [0.25, 0.3) is 0 Å². The van der Waals surface area contributed by atoms with Crippen molar-refractivity contribution in [3.8, 4) is 0 Å². The molecular weight excluding hydrogens is 276 g/mol. The van der Waals surface area contributed by atoms with E-state index in [0.29, 0.717) is 6.04 Å². The Balaban J connectivity index is 1.92. The summed E-state index contributed by atoms with van der Waals surface area (Å²) >= 11 is 0. The first-order chi connectivity index (χ1) is 10.6. The number of rotatable bonds is 7. The lowest BCUT2D eigenvalue weighted by atomic mass is 10.1. The van der Waals surface area contributed by atoms with Crippen LogP contribution in [-0.4, -0.2) is 53.7 Å². The van der Waals surface area contributed by atoms with Crippen LogP contribution in [0.15, 0.2) is 28.2 Å². The zero-order valence-corrected chi connectivity index (χ0v) is 14.2. The average molecular weight is 306 g/mol. The monoisotopic (exact) mass is 306 g/mol. The maximum absolute atomic E-state index is 9.35. The second-order valence-electron chi connectivity index (χ2n) is 6.40. The zero-order chi connectivity index (χ0) is 15.9. The van der Waals surface area contributed by atoms with E-state index in [0.717, 1.165) is 57.1 Å². The molecule has 124 valence electrons. The number of allylic oxidation sites excluding steroid dienone is 1. The smallest absolute Gasteiger partial charge is 0.118 e. The van der Waals surface area contributed by atoms with Gasteiger partial charge in [0.1, 0.15) is 11.5 Å². The van der Waals surface area contributed by atoms with Gasteiger partial charge in [-0.3, -0.25) is 9.80 Å². The van der Waals surface area contributed by atoms with Crippen LogP contribution in [0.25, 0.3) is 0 Å². The predicted octanol–water partition coefficient (Wildman–Crippen LogP) is 2.68. The first kappa shape index (κ1) is 17.3. The van der Waals surface area contributed by atoms with E-state index in [9.17, 15) is 5.11 Å². The third-order valence-corrected chi connectivity index (χ3v) is 4.33. The molecule has 4 nitrogen and oxygen atoms in total. The van der Waals surface area contributed by atoms with Crippen LogP contribution in [0.3, 0.4) is 0 Å². The van der Waals surface area contributed by atoms with Gasteiger partial charge in [0.2, 0.25) is 0 Å². The maximum atomic E-state index is 9.35. The van der Waals surface area contributed by atoms with Crippen molar-refractivity contribution in [2.45, 2.75) is 46.2 Å². The number of hydrogen-bond acceptors (Lipinski definition) is 4. The van der Waals surface area contributed by atoms with Crippen LogP contribution in [0.2, 0.25) is 0 Å². The fourth-order valence-electron chi connectivity index (χ4n) is 2.98. The number of aryl methyl sites for hydroxylation is 1. The molecule has 1 fully saturated rings. The molecule has 1 aliphatic rings. The van der Waals surface area contributed by atoms with Gasteiger partial charge in [0.05, 0.1) is 6.54 Å². The fourth-order valence-corrected chi connectivity index (χ4v) is 2.98. The molecule has 1 saturated heterocycles. The van der Waals surface area contributed by atoms with Crippen LogP contribution in [0, 0.1) is 0 Å². The van der Waals surface area contributed by atoms with E-state index in [4.69, 9.17) is 4.42 Å². The van der Waals surface area contributed by atoms with Crippen molar-refractivity contribution >= 4 is 0 Å². The SMILES string of the molecule is CCc1ccc(CN2CCN(CC=C(C)C)[C@H](CCO)C2)o1. The van der Waals surface area contributed by atoms with Gasteiger partial charge in [0, 0.05) is 45.2 Å². The summed E-state index contributed by atoms with van der Waals surface area (Å²) < 4.78 is 5.82. The highest BCUT2D eigenvalue weighted by atomic mass is 16.3. The van der Waals surface area contributed by atoms with Gasteiger partial charge in [-0.1, -0.05) is 18.6 Å². The molecule has 2 rings (SSSR count). The quantitative estimate of drug-likeness (QED) is 0.786. The number of aliphatic hydroxyl groups excluding tert-OH is 1. The van der Waals surface area contributed by atoms with Gasteiger partial charge in [-0.15, -0.1) is 0 Å². The summed E-state index contributed by atoms with van der Waals surface area (Å²) in [6, 6.07) is 4.59. The molecule has 2 heterocycles. The van der Waals surface area contributed by atoms with Crippen molar-refractivity contribution in [2.75, 3.05) is 32.8 Å². The average Bonchev–Trinajstić information content (AvgIpc) is 2.94. The summed E-state index contributed by atoms with van der Waals surface area (Å²) in [6.45, 7) is 11.6. The summed E-state index contributed by atoms with van der Waals surface area (Å²) in [4.78, 5) is 4.93. The highest BCUT2D eigenvalue weighted by molar-refractivity contribution is 5.07. The van der Waals surface area contributed by atoms with Gasteiger partial charge in [0.15, 0.2) is 0 Å². The van der Waals surface area contributed by atoms with E-state index < -0.39 is 0 Å². The number of hydrogen-bond donors (Lipinski definition) is 1. The molecule has 0 spiro atoms. The van der Waals surface area contributed by atoms with Crippen molar-refractivity contribution in [3.63, 3.8) is 0 Å². The molecule has 4 heteroatoms. The number of aliphatic hydroxyl groups is 1. The van der Waals surface area contributed by atoms with Crippen molar-refractivity contribution in [1.29, 1.82) is 0 Å². The highest BCUT2D eigenvalue weighted by Crippen LogP contribution is 2.17. The molecule has 1 aliphatic heterocycles. The summed E-state index contributed by atoms with van der Waals surface area (Å²) in [5.74, 6) is 2.11. The third kappa shape index (κ3) is 4.97. The van der Waals surface area contributed by atoms with Gasteiger partial charge >= 0.3 is 0 Å². The fraction of sp³-hybridized carbons (Fsp3) is 0.667. The number of furan rings is 1. The molecule has 1 atom stereocenters. The minimum absolute atomic E-state index is 0.255. The maximum Gasteiger partial charge on any atom is 0.118 e. The molecule has 1 aromatic rings. The Morgan fingerprint density at radius 2 is 2.09 bits per heavy atom. The van der Waals surface area contributed by atoms with E-state index in [1.54, 1.807) is 0 Å². The van der Waals surface area contributed by atoms with Gasteiger partial charge < -0.3 is 9.52 Å². The lowest BCUT2D eigenvalue weighted by Gasteiger charge is -2.40. The Hall–Kier alpha value is -1.10. The Bertz CT molecular complexity index is 477. The van der Waals surface area contributed by atoms with Crippen LogP contribution in [0.5, 0.6) is 0 Å². The van der Waals surface area contributed by atoms with E-state index in [-0.39, 0.29) is 6.61 Å². The molecule has 0 saturated carbocycles. The van der Waals surface area contributed by atoms with Crippen LogP contribution in [0.4, 0.5) is 0 Å². The minimum Gasteiger partial charge on any atom is -0.465 e. The summed E-state index contributed by atoms with van der Waals surface area (Å²) in [5, 5.41) is 9.35. The summed E-state index contributed by atoms with van der Waals surface area (Å²) in [7, 11) is 0. The highest BCUT2D eigenvalue weighted by Gasteiger charge is 2.26. The Kier molecular flexibility index (Phi) is 6.68. The van der Waals surface area contributed by atoms with Gasteiger partial charge in [-0.2, -0.15) is 0 Å². The molecule has 0 bridgehead atoms. The van der Waals surface area contributed by atoms with Crippen molar-refractivity contribution in [3.05, 3.63) is 35.3 Å². The molecule has 0 unspecified atom stereocenters. The van der Waals surface area contributed by atoms with Crippen molar-refractivity contribution in [2.24, 2.45) is 0 Å². The largest absolute Gasteiger partial charge is 0.465 e. The van der Waals surface area contributed by atoms with Crippen molar-refractivity contribution in [1.82, 2.24) is 9.80 Å². The molecule has 0 aliphatic carbocycles. The molecule has 0 aromatic carbocycles. The zero-order valence-electron chi connectivity index (χ0n) is 14.2. The molecule has 22 heavy (non-hydrogen) atoms. The lowest BCUT2D eigenvalue weighted by molar-refractivity contribution is 0.0599. The Labute approximate surface area is 134 Å². The van der Waals surface area contributed by atoms with Crippen LogP contribution in [-0.2, 0) is 13.0 Å². The second-order valence-corrected chi connectivity index (χ2v) is 6.40. The first-order valence-corrected chi connectivity index (χ1v) is 8.40. The summed E-state index contributed by atoms with van der Waals surface area (Å²) in [5.41, 5.74) is 1.35. The number of nitrogens with zero attached hydrogens (tertiary/aromatic N) is 2. The van der Waals surface area contributed by atoms with E-state index in [1.807, 2.05) is 0 Å². The second kappa shape index (κ2) is 8.51. The Morgan fingerprint density at radius 1 is 1.32 bits per heavy atom. The van der Waals surface area contributed by atoms with Crippen LogP contribution in [0.1, 0.15) is 38.7 Å². The standard InChI is InChI=1S/C18H30N2O2/c1-4-17-5-6-18(22-17)14-19-10-11-20(9-7-15(2)3)16(13-19)8-12-21/h5-7,16,21H,4,8-14H2,1-3H3/t16-/m1/s1. The van der Waals surface area contributed by atoms with Crippen LogP contribution >= 0.6 is 0 Å². The molecule has 0 amide bonds. The van der Waals surface area contributed by atoms with E-state index >= 15 is 0 Å². The number of piperazine rings is 1. The molecule has 1 aromatic heterocycles. The minimum atomic E-state index is 0.255. The summed E-state index contributed by atoms with van der Waals surface area (Å²) in [6.07, 6.45) is 4.06. The van der Waals surface area contributed by atoms with Crippen LogP contribution < -0.4 is 0 Å². The first-order valence-electron chi connectivity index (χ1n) is 8.40. The molecule has 1 N–H and O–H groups in total. The van der Waals surface area contributed by atoms with Crippen molar-refractivity contribution < 1.29 is 9.52 Å². The van der Waals surface area contributed by atoms with Gasteiger partial charge in [-0.05, 0) is 32.4 Å². The Morgan fingerprint density at radius 3 is 2.73 bits per heavy atom. The van der Waals surface area contributed by atoms with E-state index in [1.165, 1.54) is 5.57 Å². The molecule has 0 radical (unpaired) electrons. The normalized spacial score (nSPS) is 20.3. The lowest BCUT2D eigenvalue weighted by Crippen LogP contribution is -2.53. The topological polar surface area (TPSA) is 39.9 Å². The predicted molar refractivity (Wildman–Crippen MR) is 89.9 cm³/mol. The third-order valence-electron chi connectivity index (χ3n) is 4.33.